The molecule has 0 aromatic heterocycles. The fourth-order valence-electron chi connectivity index (χ4n) is 14.0. The molecule has 2 heterocycles. The van der Waals surface area contributed by atoms with E-state index in [0.717, 1.165) is 11.4 Å². The van der Waals surface area contributed by atoms with Crippen LogP contribution in [0.5, 0.6) is 0 Å². The maximum Gasteiger partial charge on any atom is 0.252 e. The normalized spacial score (nSPS) is 12.5. The first kappa shape index (κ1) is 50.0. The monoisotopic (exact) mass is 1090 g/mol. The maximum absolute atomic E-state index is 2.99. The summed E-state index contributed by atoms with van der Waals surface area (Å²) in [5.74, 6) is 0. The molecule has 2 aliphatic heterocycles. The second-order valence-corrected chi connectivity index (χ2v) is 29.5. The third-order valence-electron chi connectivity index (χ3n) is 17.6. The highest BCUT2D eigenvalue weighted by Crippen LogP contribution is 2.44. The van der Waals surface area contributed by atoms with Gasteiger partial charge >= 0.3 is 0 Å². The van der Waals surface area contributed by atoms with E-state index in [1.165, 1.54) is 103 Å². The van der Waals surface area contributed by atoms with Crippen molar-refractivity contribution in [2.45, 2.75) is 0 Å². The van der Waals surface area contributed by atoms with Crippen LogP contribution in [-0.4, -0.2) is 22.9 Å². The highest BCUT2D eigenvalue weighted by Gasteiger charge is 2.47. The Hall–Kier alpha value is -10.0. The van der Waals surface area contributed by atoms with Gasteiger partial charge in [-0.25, -0.2) is 0 Å². The van der Waals surface area contributed by atoms with Crippen LogP contribution < -0.4 is 67.7 Å². The van der Waals surface area contributed by atoms with E-state index >= 15 is 0 Å². The summed E-state index contributed by atoms with van der Waals surface area (Å²) >= 11 is 0. The minimum atomic E-state index is -2.99. The molecule has 0 saturated carbocycles. The predicted molar refractivity (Wildman–Crippen MR) is 359 cm³/mol. The summed E-state index contributed by atoms with van der Waals surface area (Å²) in [6, 6.07) is 130. The van der Waals surface area contributed by atoms with Crippen molar-refractivity contribution < 1.29 is 0 Å². The molecule has 0 fully saturated rings. The molecule has 0 saturated heterocycles. The van der Waals surface area contributed by atoms with E-state index in [-0.39, 0.29) is 6.71 Å². The largest absolute Gasteiger partial charge is 0.311 e. The standard InChI is InChI=1S/C78H57BN2Si2/c1-9-26-58(27-10-1)60-44-47-62(48-45-60)80-74-54-46-61(59-28-11-2-12-29-59)56-72(74)79-73-57-71(83(67-36-19-6-20-37-67,68-38-21-7-22-39-68)69-40-23-8-24-41-69)53-55-75(73)81(77-43-25-42-76(80)78(77)79)63-49-51-70(52-50-63)82(64-30-13-3-14-31-64,65-32-15-4-16-33-65)66-34-17-5-18-35-66/h1-57H. The topological polar surface area (TPSA) is 6.48 Å². The van der Waals surface area contributed by atoms with E-state index in [1.807, 2.05) is 0 Å². The number of hydrogen-bond donors (Lipinski definition) is 0. The third kappa shape index (κ3) is 8.30. The number of nitrogens with zero attached hydrogens (tertiary/aromatic N) is 2. The maximum atomic E-state index is 2.64. The molecule has 0 amide bonds. The van der Waals surface area contributed by atoms with Crippen LogP contribution in [0.4, 0.5) is 34.1 Å². The SMILES string of the molecule is c1ccc(-c2ccc(N3c4ccc(-c5ccccc5)cc4B4c5cc([Si](c6ccccc6)(c6ccccc6)c6ccccc6)ccc5N(c5ccc([Si](c6ccccc6)(c6ccccc6)c6ccccc6)cc5)c5cccc3c54)cc2)cc1. The first-order valence-corrected chi connectivity index (χ1v) is 32.9. The lowest BCUT2D eigenvalue weighted by Crippen LogP contribution is -2.75. The van der Waals surface area contributed by atoms with Crippen molar-refractivity contribution in [2.24, 2.45) is 0 Å². The molecule has 0 atom stereocenters. The van der Waals surface area contributed by atoms with Crippen LogP contribution in [0.2, 0.25) is 0 Å². The molecule has 0 unspecified atom stereocenters. The molecule has 15 rings (SSSR count). The van der Waals surface area contributed by atoms with Crippen LogP contribution in [-0.2, 0) is 0 Å². The summed E-state index contributed by atoms with van der Waals surface area (Å²) in [5, 5.41) is 10.8. The number of anilines is 6. The average molecular weight is 1090 g/mol. The molecule has 390 valence electrons. The smallest absolute Gasteiger partial charge is 0.252 e. The van der Waals surface area contributed by atoms with Gasteiger partial charge in [0.25, 0.3) is 6.71 Å². The molecular formula is C78H57BN2Si2. The molecule has 0 bridgehead atoms. The highest BCUT2D eigenvalue weighted by molar-refractivity contribution is 7.20. The Bertz CT molecular complexity index is 4210. The Balaban J connectivity index is 1.01. The minimum absolute atomic E-state index is 0.117. The van der Waals surface area contributed by atoms with E-state index in [4.69, 9.17) is 0 Å². The predicted octanol–water partition coefficient (Wildman–Crippen LogP) is 11.9. The fourth-order valence-corrected chi connectivity index (χ4v) is 23.5. The lowest BCUT2D eigenvalue weighted by Gasteiger charge is -2.45. The molecule has 0 spiro atoms. The van der Waals surface area contributed by atoms with Gasteiger partial charge < -0.3 is 9.80 Å². The molecule has 13 aromatic rings. The quantitative estimate of drug-likeness (QED) is 0.0889. The lowest BCUT2D eigenvalue weighted by atomic mass is 9.33. The van der Waals surface area contributed by atoms with Gasteiger partial charge in [0, 0.05) is 34.1 Å². The van der Waals surface area contributed by atoms with Crippen molar-refractivity contribution in [3.05, 3.63) is 346 Å². The van der Waals surface area contributed by atoms with Crippen molar-refractivity contribution >= 4 is 115 Å². The Labute approximate surface area is 489 Å². The number of rotatable bonds is 12. The molecular weight excluding hydrogens is 1030 g/mol. The third-order valence-corrected chi connectivity index (χ3v) is 27.1. The van der Waals surface area contributed by atoms with Gasteiger partial charge in [0.15, 0.2) is 16.1 Å². The Morgan fingerprint density at radius 1 is 0.205 bits per heavy atom. The number of fused-ring (bicyclic) bond motifs is 4. The summed E-state index contributed by atoms with van der Waals surface area (Å²) in [7, 11) is -5.82. The van der Waals surface area contributed by atoms with Crippen molar-refractivity contribution in [1.82, 2.24) is 0 Å². The number of hydrogen-bond acceptors (Lipinski definition) is 2. The molecule has 2 aliphatic rings. The first-order chi connectivity index (χ1) is 41.2. The van der Waals surface area contributed by atoms with Gasteiger partial charge in [0.1, 0.15) is 0 Å². The Kier molecular flexibility index (Phi) is 12.7. The van der Waals surface area contributed by atoms with E-state index < -0.39 is 16.1 Å². The van der Waals surface area contributed by atoms with E-state index in [1.54, 1.807) is 0 Å². The van der Waals surface area contributed by atoms with Crippen LogP contribution >= 0.6 is 0 Å². The second-order valence-electron chi connectivity index (χ2n) is 21.9. The minimum Gasteiger partial charge on any atom is -0.311 e. The first-order valence-electron chi connectivity index (χ1n) is 28.9. The van der Waals surface area contributed by atoms with Crippen LogP contribution in [0.3, 0.4) is 0 Å². The van der Waals surface area contributed by atoms with Crippen LogP contribution in [0.15, 0.2) is 346 Å². The van der Waals surface area contributed by atoms with Crippen molar-refractivity contribution in [2.75, 3.05) is 9.80 Å². The zero-order chi connectivity index (χ0) is 55.2. The van der Waals surface area contributed by atoms with Crippen LogP contribution in [0.25, 0.3) is 22.3 Å². The summed E-state index contributed by atoms with van der Waals surface area (Å²) < 4.78 is 0. The van der Waals surface area contributed by atoms with Crippen LogP contribution in [0.1, 0.15) is 0 Å². The van der Waals surface area contributed by atoms with Gasteiger partial charge in [-0.1, -0.05) is 297 Å². The lowest BCUT2D eigenvalue weighted by molar-refractivity contribution is 1.25. The van der Waals surface area contributed by atoms with Gasteiger partial charge in [-0.15, -0.1) is 0 Å². The molecule has 0 aliphatic carbocycles. The summed E-state index contributed by atoms with van der Waals surface area (Å²) in [6.45, 7) is -0.117. The van der Waals surface area contributed by atoms with Crippen molar-refractivity contribution in [3.63, 3.8) is 0 Å². The van der Waals surface area contributed by atoms with Gasteiger partial charge in [0.2, 0.25) is 0 Å². The average Bonchev–Trinajstić information content (AvgIpc) is 2.78. The van der Waals surface area contributed by atoms with Crippen molar-refractivity contribution in [3.8, 4) is 22.3 Å². The zero-order valence-corrected chi connectivity index (χ0v) is 47.9. The van der Waals surface area contributed by atoms with Gasteiger partial charge in [-0.2, -0.15) is 0 Å². The molecule has 13 aromatic carbocycles. The second kappa shape index (κ2) is 21.1. The summed E-state index contributed by atoms with van der Waals surface area (Å²) in [6.07, 6.45) is 0. The van der Waals surface area contributed by atoms with Gasteiger partial charge in [-0.05, 0) is 129 Å². The van der Waals surface area contributed by atoms with E-state index in [0.29, 0.717) is 0 Å². The Morgan fingerprint density at radius 2 is 0.494 bits per heavy atom. The summed E-state index contributed by atoms with van der Waals surface area (Å²) in [5.41, 5.74) is 15.6. The van der Waals surface area contributed by atoms with E-state index in [9.17, 15) is 0 Å². The van der Waals surface area contributed by atoms with Gasteiger partial charge in [-0.3, -0.25) is 0 Å². The molecule has 0 radical (unpaired) electrons. The highest BCUT2D eigenvalue weighted by atomic mass is 28.3. The zero-order valence-electron chi connectivity index (χ0n) is 45.9. The molecule has 2 nitrogen and oxygen atoms in total. The Morgan fingerprint density at radius 3 is 0.904 bits per heavy atom. The number of benzene rings is 13. The molecule has 0 N–H and O–H groups in total. The molecule has 5 heteroatoms. The summed E-state index contributed by atoms with van der Waals surface area (Å²) in [4.78, 5) is 5.11. The molecule has 83 heavy (non-hydrogen) atoms. The fraction of sp³-hybridized carbons (Fsp3) is 0. The van der Waals surface area contributed by atoms with Gasteiger partial charge in [0.05, 0.1) is 0 Å². The van der Waals surface area contributed by atoms with E-state index in [2.05, 4.69) is 356 Å². The van der Waals surface area contributed by atoms with Crippen LogP contribution in [0, 0.1) is 0 Å². The van der Waals surface area contributed by atoms with Crippen molar-refractivity contribution in [1.29, 1.82) is 0 Å².